The Labute approximate surface area is 114 Å². The van der Waals surface area contributed by atoms with Gasteiger partial charge in [0.25, 0.3) is 0 Å². The van der Waals surface area contributed by atoms with E-state index in [0.29, 0.717) is 8.93 Å². The molecule has 0 radical (unpaired) electrons. The van der Waals surface area contributed by atoms with Crippen molar-refractivity contribution in [3.8, 4) is 0 Å². The van der Waals surface area contributed by atoms with Gasteiger partial charge in [0.05, 0.1) is 0 Å². The van der Waals surface area contributed by atoms with Gasteiger partial charge in [-0.15, -0.1) is 0 Å². The van der Waals surface area contributed by atoms with Crippen LogP contribution < -0.4 is 14.5 Å². The van der Waals surface area contributed by atoms with Gasteiger partial charge in [-0.2, -0.15) is 0 Å². The molecule has 2 amide bonds. The Morgan fingerprint density at radius 1 is 1.47 bits per heavy atom. The van der Waals surface area contributed by atoms with Crippen molar-refractivity contribution < 1.29 is 18.0 Å². The van der Waals surface area contributed by atoms with Gasteiger partial charge in [-0.05, 0) is 0 Å². The first-order valence-electron chi connectivity index (χ1n) is 4.05. The molecule has 1 aromatic rings. The monoisotopic (exact) mass is 394 g/mol. The summed E-state index contributed by atoms with van der Waals surface area (Å²) in [5, 5.41) is 0. The van der Waals surface area contributed by atoms with Crippen molar-refractivity contribution in [3.63, 3.8) is 0 Å². The summed E-state index contributed by atoms with van der Waals surface area (Å²) in [6, 6.07) is 3.57. The Morgan fingerprint density at radius 2 is 2.12 bits per heavy atom. The topological polar surface area (TPSA) is 55.1 Å². The van der Waals surface area contributed by atoms with Crippen LogP contribution in [0.3, 0.4) is 0 Å². The molecular formula is C8H6BrF3N2OSSe. The van der Waals surface area contributed by atoms with E-state index in [4.69, 9.17) is 5.73 Å². The molecule has 0 unspecified atom stereocenters. The van der Waals surface area contributed by atoms with Crippen molar-refractivity contribution in [2.75, 3.05) is 0 Å². The molecule has 0 spiro atoms. The number of benzene rings is 1. The summed E-state index contributed by atoms with van der Waals surface area (Å²) in [6.45, 7) is 0. The molecule has 0 aliphatic rings. The van der Waals surface area contributed by atoms with E-state index in [1.54, 1.807) is 0 Å². The number of alkyl halides is 3. The van der Waals surface area contributed by atoms with Crippen molar-refractivity contribution in [3.05, 3.63) is 22.7 Å². The van der Waals surface area contributed by atoms with E-state index in [1.165, 1.54) is 18.2 Å². The molecule has 94 valence electrons. The first-order chi connectivity index (χ1) is 7.78. The number of carbonyl (C=O) groups excluding carboxylic acids is 1. The molecule has 0 saturated carbocycles. The molecule has 0 aliphatic carbocycles. The fourth-order valence-corrected chi connectivity index (χ4v) is 3.45. The number of thioether (sulfide) groups is 1. The van der Waals surface area contributed by atoms with E-state index in [-0.39, 0.29) is 16.7 Å². The predicted octanol–water partition coefficient (Wildman–Crippen LogP) is 1.97. The average molecular weight is 394 g/mol. The Bertz CT molecular complexity index is 430. The fraction of sp³-hybridized carbons (Fsp3) is 0.125. The first kappa shape index (κ1) is 14.7. The molecule has 1 rings (SSSR count). The predicted molar refractivity (Wildman–Crippen MR) is 64.2 cm³/mol. The van der Waals surface area contributed by atoms with E-state index in [0.717, 1.165) is 0 Å². The van der Waals surface area contributed by atoms with Gasteiger partial charge < -0.3 is 0 Å². The second-order valence-electron chi connectivity index (χ2n) is 2.71. The minimum absolute atomic E-state index is 0.0861. The van der Waals surface area contributed by atoms with Gasteiger partial charge in [0.15, 0.2) is 0 Å². The van der Waals surface area contributed by atoms with Crippen molar-refractivity contribution >= 4 is 53.4 Å². The van der Waals surface area contributed by atoms with E-state index >= 15 is 0 Å². The summed E-state index contributed by atoms with van der Waals surface area (Å²) >= 11 is 2.55. The number of nitrogens with one attached hydrogen (secondary N) is 1. The maximum atomic E-state index is 12.1. The summed E-state index contributed by atoms with van der Waals surface area (Å²) < 4.78 is 40.0. The minimum atomic E-state index is -4.31. The Hall–Kier alpha value is -0.371. The Balaban J connectivity index is 2.76. The molecule has 0 atom stereocenters. The van der Waals surface area contributed by atoms with Gasteiger partial charge in [-0.1, -0.05) is 0 Å². The number of nitrogens with two attached hydrogens (primary N) is 1. The quantitative estimate of drug-likeness (QED) is 0.609. The molecule has 0 aliphatic heterocycles. The van der Waals surface area contributed by atoms with Crippen LogP contribution in [-0.2, 0) is 0 Å². The maximum absolute atomic E-state index is 12.1. The van der Waals surface area contributed by atoms with Crippen LogP contribution in [-0.4, -0.2) is 26.7 Å². The Morgan fingerprint density at radius 3 is 2.59 bits per heavy atom. The summed E-state index contributed by atoms with van der Waals surface area (Å²) in [5.74, 6) is 0. The number of hydrogen-bond acceptors (Lipinski definition) is 2. The molecule has 0 aromatic heterocycles. The van der Waals surface area contributed by atoms with Crippen LogP contribution in [0.1, 0.15) is 0 Å². The van der Waals surface area contributed by atoms with Crippen LogP contribution in [0.15, 0.2) is 27.6 Å². The molecule has 0 fully saturated rings. The molecule has 0 saturated heterocycles. The summed E-state index contributed by atoms with van der Waals surface area (Å²) in [7, 11) is 0. The zero-order chi connectivity index (χ0) is 13.1. The zero-order valence-corrected chi connectivity index (χ0v) is 12.2. The van der Waals surface area contributed by atoms with Crippen LogP contribution in [0.25, 0.3) is 0 Å². The van der Waals surface area contributed by atoms with Crippen molar-refractivity contribution in [1.82, 2.24) is 4.33 Å². The number of hydrogen-bond donors (Lipinski definition) is 2. The van der Waals surface area contributed by atoms with Gasteiger partial charge >= 0.3 is 114 Å². The van der Waals surface area contributed by atoms with Crippen LogP contribution in [0, 0.1) is 0 Å². The van der Waals surface area contributed by atoms with Gasteiger partial charge in [0.1, 0.15) is 0 Å². The standard InChI is InChI=1S/C8H6BrF3N2OSSe/c9-5-3-4(16-8(10,11)12)1-2-6(5)17-14-7(13)15/h1-3H,(H3,13,14,15). The van der Waals surface area contributed by atoms with Gasteiger partial charge in [-0.3, -0.25) is 0 Å². The van der Waals surface area contributed by atoms with Crippen LogP contribution >= 0.6 is 27.7 Å². The molecule has 17 heavy (non-hydrogen) atoms. The molecule has 9 heteroatoms. The van der Waals surface area contributed by atoms with Crippen LogP contribution in [0.4, 0.5) is 18.0 Å². The summed E-state index contributed by atoms with van der Waals surface area (Å²) in [4.78, 5) is 10.6. The van der Waals surface area contributed by atoms with Crippen LogP contribution in [0.2, 0.25) is 0 Å². The zero-order valence-electron chi connectivity index (χ0n) is 8.05. The fourth-order valence-electron chi connectivity index (χ4n) is 0.867. The van der Waals surface area contributed by atoms with E-state index in [9.17, 15) is 18.0 Å². The molecule has 3 N–H and O–H groups in total. The molecule has 0 heterocycles. The molecule has 1 aromatic carbocycles. The molecule has 3 nitrogen and oxygen atoms in total. The van der Waals surface area contributed by atoms with Crippen molar-refractivity contribution in [2.24, 2.45) is 5.73 Å². The Kier molecular flexibility index (Phi) is 5.18. The number of rotatable bonds is 3. The summed E-state index contributed by atoms with van der Waals surface area (Å²) in [6.07, 6.45) is 0. The SMILES string of the molecule is NC(=O)N[Se]c1ccc(SC(F)(F)F)cc1Br. The summed E-state index contributed by atoms with van der Waals surface area (Å²) in [5.41, 5.74) is 0.593. The van der Waals surface area contributed by atoms with E-state index in [2.05, 4.69) is 20.3 Å². The van der Waals surface area contributed by atoms with Crippen molar-refractivity contribution in [2.45, 2.75) is 10.4 Å². The number of amides is 2. The number of primary amides is 1. The van der Waals surface area contributed by atoms with Gasteiger partial charge in [-0.25, -0.2) is 0 Å². The number of carbonyl (C=O) groups is 1. The number of urea groups is 1. The third-order valence-electron chi connectivity index (χ3n) is 1.40. The van der Waals surface area contributed by atoms with Crippen LogP contribution in [0.5, 0.6) is 0 Å². The third kappa shape index (κ3) is 5.67. The first-order valence-corrected chi connectivity index (χ1v) is 7.38. The second-order valence-corrected chi connectivity index (χ2v) is 6.48. The van der Waals surface area contributed by atoms with Gasteiger partial charge in [0, 0.05) is 0 Å². The van der Waals surface area contributed by atoms with E-state index < -0.39 is 26.7 Å². The van der Waals surface area contributed by atoms with E-state index in [1.807, 2.05) is 0 Å². The van der Waals surface area contributed by atoms with Crippen molar-refractivity contribution in [1.29, 1.82) is 0 Å². The average Bonchev–Trinajstić information content (AvgIpc) is 2.13. The number of halogens is 4. The third-order valence-corrected chi connectivity index (χ3v) is 5.21. The van der Waals surface area contributed by atoms with Gasteiger partial charge in [0.2, 0.25) is 0 Å². The molecule has 0 bridgehead atoms. The normalized spacial score (nSPS) is 11.3. The second kappa shape index (κ2) is 5.99. The molecular weight excluding hydrogens is 388 g/mol.